The number of carboxylic acid groups (broad SMARTS) is 1. The van der Waals surface area contributed by atoms with Crippen LogP contribution in [-0.2, 0) is 9.53 Å². The number of rotatable bonds is 11. The fraction of sp³-hybridized carbons (Fsp3) is 0.556. The van der Waals surface area contributed by atoms with E-state index in [2.05, 4.69) is 17.0 Å². The number of carbonyl (C=O) groups is 1. The van der Waals surface area contributed by atoms with E-state index in [-0.39, 0.29) is 30.3 Å². The Morgan fingerprint density at radius 2 is 2.25 bits per heavy atom. The van der Waals surface area contributed by atoms with Crippen LogP contribution in [0.3, 0.4) is 0 Å². The van der Waals surface area contributed by atoms with Gasteiger partial charge in [0.2, 0.25) is 0 Å². The number of likely N-dealkylation sites (tertiary alicyclic amines) is 1. The van der Waals surface area contributed by atoms with Crippen LogP contribution in [0.15, 0.2) is 40.4 Å². The highest BCUT2D eigenvalue weighted by molar-refractivity contribution is 6.40. The van der Waals surface area contributed by atoms with E-state index in [1.54, 1.807) is 19.3 Å². The number of hydrogen-bond acceptors (Lipinski definition) is 8. The topological polar surface area (TPSA) is 135 Å². The Morgan fingerprint density at radius 3 is 2.82 bits per heavy atom. The van der Waals surface area contributed by atoms with Crippen molar-refractivity contribution in [3.05, 3.63) is 35.4 Å². The average molecular weight is 393 g/mol. The van der Waals surface area contributed by atoms with Gasteiger partial charge in [0, 0.05) is 38.5 Å². The van der Waals surface area contributed by atoms with Gasteiger partial charge in [-0.25, -0.2) is 4.79 Å². The number of nitrogens with one attached hydrogen (secondary N) is 1. The van der Waals surface area contributed by atoms with Crippen LogP contribution in [0.25, 0.3) is 0 Å². The highest BCUT2D eigenvalue weighted by atomic mass is 16.5. The summed E-state index contributed by atoms with van der Waals surface area (Å²) in [5.41, 5.74) is 0.952. The van der Waals surface area contributed by atoms with E-state index in [1.807, 2.05) is 11.0 Å². The molecule has 2 unspecified atom stereocenters. The second-order valence-corrected chi connectivity index (χ2v) is 6.99. The minimum Gasteiger partial charge on any atom is -0.487 e. The van der Waals surface area contributed by atoms with Gasteiger partial charge in [-0.1, -0.05) is 6.08 Å². The van der Waals surface area contributed by atoms with Gasteiger partial charge in [-0.2, -0.15) is 0 Å². The number of aliphatic carboxylic acids is 1. The summed E-state index contributed by atoms with van der Waals surface area (Å²) >= 11 is 0. The fourth-order valence-electron chi connectivity index (χ4n) is 3.24. The first kappa shape index (κ1) is 22.2. The predicted molar refractivity (Wildman–Crippen MR) is 105 cm³/mol. The van der Waals surface area contributed by atoms with E-state index in [0.29, 0.717) is 31.7 Å². The van der Waals surface area contributed by atoms with Crippen molar-refractivity contribution in [3.63, 3.8) is 0 Å². The molecule has 1 aliphatic carbocycles. The molecule has 0 aromatic heterocycles. The van der Waals surface area contributed by atoms with Crippen molar-refractivity contribution in [2.45, 2.75) is 37.9 Å². The van der Waals surface area contributed by atoms with E-state index in [0.717, 1.165) is 5.70 Å². The molecule has 0 aromatic carbocycles. The van der Waals surface area contributed by atoms with Crippen LogP contribution in [0.1, 0.15) is 19.3 Å². The second kappa shape index (κ2) is 10.4. The molecule has 1 aliphatic heterocycles. The molecular formula is C18H28BN3O6. The van der Waals surface area contributed by atoms with Gasteiger partial charge in [-0.3, -0.25) is 9.89 Å². The first-order valence-electron chi connectivity index (χ1n) is 9.26. The molecule has 1 fully saturated rings. The maximum Gasteiger partial charge on any atom is 0.451 e. The molecule has 10 heteroatoms. The average Bonchev–Trinajstić information content (AvgIpc) is 2.62. The Kier molecular flexibility index (Phi) is 8.25. The first-order chi connectivity index (χ1) is 13.3. The van der Waals surface area contributed by atoms with Gasteiger partial charge in [-0.15, -0.1) is 0 Å². The molecule has 5 N–H and O–H groups in total. The lowest BCUT2D eigenvalue weighted by atomic mass is 9.78. The number of nitrogens with zero attached hydrogens (tertiary/aromatic N) is 2. The Labute approximate surface area is 164 Å². The monoisotopic (exact) mass is 393 g/mol. The molecule has 28 heavy (non-hydrogen) atoms. The standard InChI is InChI=1S/C18H28BN3O6/c1-20-9-13(21-2)8-17(23)22-10-14(11-22)28-16-4-3-12(5-6-19(26)27)7-15(16)18(24)25/h3-4,9,12,14,17,21,23,26-27H,1,5-8,10-11H2,2H3,(H,24,25)/b13-9-. The van der Waals surface area contributed by atoms with Crippen LogP contribution < -0.4 is 5.32 Å². The summed E-state index contributed by atoms with van der Waals surface area (Å²) in [6.07, 6.45) is 5.52. The SMILES string of the molecule is C=N/C=C(/CC(O)N1CC(OC2=C(C(=O)O)CC(CCB(O)O)C=C2)C1)NC. The van der Waals surface area contributed by atoms with Crippen LogP contribution in [-0.4, -0.2) is 77.4 Å². The summed E-state index contributed by atoms with van der Waals surface area (Å²) in [6.45, 7) is 4.37. The van der Waals surface area contributed by atoms with E-state index >= 15 is 0 Å². The fourth-order valence-corrected chi connectivity index (χ4v) is 3.24. The molecule has 1 saturated heterocycles. The Hall–Kier alpha value is -2.14. The van der Waals surface area contributed by atoms with E-state index in [4.69, 9.17) is 14.8 Å². The van der Waals surface area contributed by atoms with Crippen molar-refractivity contribution in [1.82, 2.24) is 10.2 Å². The lowest BCUT2D eigenvalue weighted by molar-refractivity contribution is -0.134. The van der Waals surface area contributed by atoms with E-state index in [1.165, 1.54) is 0 Å². The van der Waals surface area contributed by atoms with Gasteiger partial charge >= 0.3 is 13.1 Å². The Morgan fingerprint density at radius 1 is 1.54 bits per heavy atom. The zero-order chi connectivity index (χ0) is 20.7. The van der Waals surface area contributed by atoms with Gasteiger partial charge in [0.1, 0.15) is 18.1 Å². The van der Waals surface area contributed by atoms with Gasteiger partial charge in [0.05, 0.1) is 5.57 Å². The van der Waals surface area contributed by atoms with Crippen LogP contribution >= 0.6 is 0 Å². The van der Waals surface area contributed by atoms with Crippen LogP contribution in [0.5, 0.6) is 0 Å². The first-order valence-corrected chi connectivity index (χ1v) is 9.26. The largest absolute Gasteiger partial charge is 0.487 e. The summed E-state index contributed by atoms with van der Waals surface area (Å²) < 4.78 is 5.84. The van der Waals surface area contributed by atoms with Crippen molar-refractivity contribution >= 4 is 19.8 Å². The van der Waals surface area contributed by atoms with Gasteiger partial charge < -0.3 is 30.3 Å². The quantitative estimate of drug-likeness (QED) is 0.243. The maximum atomic E-state index is 11.6. The van der Waals surface area contributed by atoms with Crippen molar-refractivity contribution in [2.75, 3.05) is 20.1 Å². The molecule has 0 amide bonds. The summed E-state index contributed by atoms with van der Waals surface area (Å²) in [5, 5.41) is 40.6. The molecule has 0 spiro atoms. The number of aliphatic hydroxyl groups is 1. The van der Waals surface area contributed by atoms with Gasteiger partial charge in [0.15, 0.2) is 0 Å². The molecule has 0 bridgehead atoms. The number of hydrogen-bond donors (Lipinski definition) is 5. The van der Waals surface area contributed by atoms with Crippen molar-refractivity contribution in [3.8, 4) is 0 Å². The minimum absolute atomic E-state index is 0.0646. The molecule has 2 rings (SSSR count). The molecule has 0 radical (unpaired) electrons. The van der Waals surface area contributed by atoms with Gasteiger partial charge in [-0.05, 0) is 37.9 Å². The third-order valence-corrected chi connectivity index (χ3v) is 4.90. The van der Waals surface area contributed by atoms with E-state index < -0.39 is 19.3 Å². The Bertz CT molecular complexity index is 658. The lowest BCUT2D eigenvalue weighted by Gasteiger charge is -2.42. The predicted octanol–water partition coefficient (Wildman–Crippen LogP) is -0.0652. The highest BCUT2D eigenvalue weighted by Gasteiger charge is 2.35. The van der Waals surface area contributed by atoms with Crippen LogP contribution in [0.4, 0.5) is 0 Å². The molecular weight excluding hydrogens is 365 g/mol. The zero-order valence-corrected chi connectivity index (χ0v) is 16.0. The second-order valence-electron chi connectivity index (χ2n) is 6.99. The molecule has 2 aliphatic rings. The number of allylic oxidation sites excluding steroid dienone is 2. The van der Waals surface area contributed by atoms with E-state index in [9.17, 15) is 15.0 Å². The zero-order valence-electron chi connectivity index (χ0n) is 16.0. The molecule has 0 saturated carbocycles. The summed E-state index contributed by atoms with van der Waals surface area (Å²) in [7, 11) is 0.353. The summed E-state index contributed by atoms with van der Waals surface area (Å²) in [5.74, 6) is -0.768. The normalized spacial score (nSPS) is 21.9. The maximum absolute atomic E-state index is 11.6. The molecule has 154 valence electrons. The van der Waals surface area contributed by atoms with Crippen molar-refractivity contribution < 1.29 is 29.8 Å². The van der Waals surface area contributed by atoms with Crippen LogP contribution in [0.2, 0.25) is 6.32 Å². The van der Waals surface area contributed by atoms with Gasteiger partial charge in [0.25, 0.3) is 0 Å². The minimum atomic E-state index is -1.39. The molecule has 9 nitrogen and oxygen atoms in total. The smallest absolute Gasteiger partial charge is 0.451 e. The number of ether oxygens (including phenoxy) is 1. The third kappa shape index (κ3) is 6.20. The Balaban J connectivity index is 1.87. The molecule has 1 heterocycles. The summed E-state index contributed by atoms with van der Waals surface area (Å²) in [4.78, 5) is 17.1. The number of aliphatic imine (C=N–C) groups is 1. The van der Waals surface area contributed by atoms with Crippen LogP contribution in [0, 0.1) is 5.92 Å². The molecule has 2 atom stereocenters. The lowest BCUT2D eigenvalue weighted by Crippen LogP contribution is -2.56. The number of carboxylic acids is 1. The van der Waals surface area contributed by atoms with Crippen molar-refractivity contribution in [2.24, 2.45) is 10.9 Å². The number of aliphatic hydroxyl groups excluding tert-OH is 1. The van der Waals surface area contributed by atoms with Crippen molar-refractivity contribution in [1.29, 1.82) is 0 Å². The highest BCUT2D eigenvalue weighted by Crippen LogP contribution is 2.30. The molecule has 0 aromatic rings. The summed E-state index contributed by atoms with van der Waals surface area (Å²) in [6, 6.07) is 0. The third-order valence-electron chi connectivity index (χ3n) is 4.90.